The van der Waals surface area contributed by atoms with Crippen LogP contribution in [0.15, 0.2) is 84.9 Å². The maximum absolute atomic E-state index is 12.6. The van der Waals surface area contributed by atoms with Gasteiger partial charge in [-0.15, -0.1) is 11.3 Å². The molecule has 0 saturated heterocycles. The minimum atomic E-state index is -0.202. The largest absolute Gasteiger partial charge is 0.496 e. The van der Waals surface area contributed by atoms with Crippen LogP contribution in [0.25, 0.3) is 43.3 Å². The number of hydrogen-bond donors (Lipinski definition) is 0. The van der Waals surface area contributed by atoms with Gasteiger partial charge in [0.15, 0.2) is 11.5 Å². The SMILES string of the molecule is COc1ccc(-c2cc(-c3cc(C)c(C)c(OC)c3)nn2C(C)=O)cc1OCCOc1cccc(-c2nc3ccccc3s2)c1. The molecule has 9 heteroatoms. The molecule has 45 heavy (non-hydrogen) atoms. The Morgan fingerprint density at radius 2 is 1.56 bits per heavy atom. The van der Waals surface area contributed by atoms with Crippen molar-refractivity contribution in [2.45, 2.75) is 20.8 Å². The van der Waals surface area contributed by atoms with Crippen LogP contribution in [0.1, 0.15) is 22.8 Å². The van der Waals surface area contributed by atoms with Crippen molar-refractivity contribution in [1.82, 2.24) is 14.8 Å². The Balaban J connectivity index is 1.19. The maximum atomic E-state index is 12.6. The monoisotopic (exact) mass is 619 g/mol. The number of ether oxygens (including phenoxy) is 4. The summed E-state index contributed by atoms with van der Waals surface area (Å²) in [5, 5.41) is 5.59. The molecule has 0 unspecified atom stereocenters. The first kappa shape index (κ1) is 29.9. The van der Waals surface area contributed by atoms with Gasteiger partial charge in [0.1, 0.15) is 29.7 Å². The minimum absolute atomic E-state index is 0.202. The van der Waals surface area contributed by atoms with Crippen LogP contribution in [0.4, 0.5) is 0 Å². The lowest BCUT2D eigenvalue weighted by atomic mass is 10.0. The van der Waals surface area contributed by atoms with Crippen LogP contribution in [0.5, 0.6) is 23.0 Å². The van der Waals surface area contributed by atoms with Gasteiger partial charge in [0.05, 0.1) is 35.8 Å². The lowest BCUT2D eigenvalue weighted by Crippen LogP contribution is -2.11. The van der Waals surface area contributed by atoms with Crippen molar-refractivity contribution >= 4 is 27.5 Å². The van der Waals surface area contributed by atoms with Gasteiger partial charge in [-0.2, -0.15) is 9.78 Å². The van der Waals surface area contributed by atoms with E-state index in [1.807, 2.05) is 92.7 Å². The van der Waals surface area contributed by atoms with Crippen LogP contribution in [0.2, 0.25) is 0 Å². The highest BCUT2D eigenvalue weighted by molar-refractivity contribution is 7.21. The summed E-state index contributed by atoms with van der Waals surface area (Å²) < 4.78 is 25.9. The third-order valence-electron chi connectivity index (χ3n) is 7.59. The number of aryl methyl sites for hydroxylation is 1. The zero-order valence-corrected chi connectivity index (χ0v) is 26.6. The molecule has 0 saturated carbocycles. The third kappa shape index (κ3) is 6.25. The van der Waals surface area contributed by atoms with Gasteiger partial charge in [0.25, 0.3) is 0 Å². The van der Waals surface area contributed by atoms with Crippen molar-refractivity contribution in [2.75, 3.05) is 27.4 Å². The van der Waals surface area contributed by atoms with E-state index in [1.54, 1.807) is 25.6 Å². The molecule has 228 valence electrons. The molecule has 8 nitrogen and oxygen atoms in total. The molecule has 0 aliphatic rings. The van der Waals surface area contributed by atoms with E-state index in [4.69, 9.17) is 23.9 Å². The number of methoxy groups -OCH3 is 2. The summed E-state index contributed by atoms with van der Waals surface area (Å²) in [6.07, 6.45) is 0. The average Bonchev–Trinajstić information content (AvgIpc) is 3.70. The number of benzene rings is 4. The van der Waals surface area contributed by atoms with Gasteiger partial charge in [0, 0.05) is 23.6 Å². The molecule has 6 rings (SSSR count). The summed E-state index contributed by atoms with van der Waals surface area (Å²) in [5.41, 5.74) is 7.08. The van der Waals surface area contributed by atoms with E-state index in [0.717, 1.165) is 54.5 Å². The number of fused-ring (bicyclic) bond motifs is 1. The van der Waals surface area contributed by atoms with E-state index in [0.29, 0.717) is 29.5 Å². The van der Waals surface area contributed by atoms with Crippen LogP contribution in [-0.4, -0.2) is 48.1 Å². The number of hydrogen-bond acceptors (Lipinski definition) is 8. The molecule has 0 aliphatic carbocycles. The fraction of sp³-hybridized carbons (Fsp3) is 0.194. The fourth-order valence-electron chi connectivity index (χ4n) is 5.13. The number of para-hydroxylation sites is 1. The molecule has 0 N–H and O–H groups in total. The summed E-state index contributed by atoms with van der Waals surface area (Å²) in [5.74, 6) is 2.41. The van der Waals surface area contributed by atoms with Crippen molar-refractivity contribution in [3.8, 4) is 56.1 Å². The Hall–Kier alpha value is -5.15. The van der Waals surface area contributed by atoms with Gasteiger partial charge in [0.2, 0.25) is 5.91 Å². The zero-order chi connectivity index (χ0) is 31.5. The van der Waals surface area contributed by atoms with E-state index in [1.165, 1.54) is 11.6 Å². The molecule has 0 spiro atoms. The Kier molecular flexibility index (Phi) is 8.53. The number of thiazole rings is 1. The van der Waals surface area contributed by atoms with E-state index >= 15 is 0 Å². The lowest BCUT2D eigenvalue weighted by molar-refractivity contribution is 0.0923. The molecule has 4 aromatic carbocycles. The van der Waals surface area contributed by atoms with Crippen LogP contribution >= 0.6 is 11.3 Å². The number of carbonyl (C=O) groups is 1. The molecule has 0 aliphatic heterocycles. The second-order valence-corrected chi connectivity index (χ2v) is 11.6. The van der Waals surface area contributed by atoms with Crippen molar-refractivity contribution in [3.63, 3.8) is 0 Å². The van der Waals surface area contributed by atoms with Gasteiger partial charge in [-0.05, 0) is 85.6 Å². The molecule has 0 atom stereocenters. The first-order chi connectivity index (χ1) is 21.8. The topological polar surface area (TPSA) is 84.7 Å². The Morgan fingerprint density at radius 1 is 0.778 bits per heavy atom. The molecular weight excluding hydrogens is 586 g/mol. The Bertz CT molecular complexity index is 1980. The van der Waals surface area contributed by atoms with Gasteiger partial charge in [-0.1, -0.05) is 24.3 Å². The quantitative estimate of drug-likeness (QED) is 0.143. The number of aromatic nitrogens is 3. The molecular formula is C36H33N3O5S. The predicted octanol–water partition coefficient (Wildman–Crippen LogP) is 8.25. The number of rotatable bonds is 10. The number of nitrogens with zero attached hydrogens (tertiary/aromatic N) is 3. The van der Waals surface area contributed by atoms with Crippen LogP contribution < -0.4 is 18.9 Å². The first-order valence-electron chi connectivity index (χ1n) is 14.5. The summed E-state index contributed by atoms with van der Waals surface area (Å²) in [6, 6.07) is 27.5. The highest BCUT2D eigenvalue weighted by Gasteiger charge is 2.18. The van der Waals surface area contributed by atoms with E-state index < -0.39 is 0 Å². The summed E-state index contributed by atoms with van der Waals surface area (Å²) in [6.45, 7) is 6.14. The van der Waals surface area contributed by atoms with Gasteiger partial charge in [-0.3, -0.25) is 4.79 Å². The number of carbonyl (C=O) groups excluding carboxylic acids is 1. The summed E-state index contributed by atoms with van der Waals surface area (Å²) in [7, 11) is 3.24. The maximum Gasteiger partial charge on any atom is 0.244 e. The standard InChI is InChI=1S/C36H33N3O5S/c1-22-17-27(20-33(42-5)23(22)2)30-21-31(39(38-30)24(3)40)25-13-14-32(41-4)34(19-25)44-16-15-43-28-10-8-9-26(18-28)36-37-29-11-6-7-12-35(29)45-36/h6-14,17-21H,15-16H2,1-5H3. The highest BCUT2D eigenvalue weighted by atomic mass is 32.1. The zero-order valence-electron chi connectivity index (χ0n) is 25.8. The van der Waals surface area contributed by atoms with Gasteiger partial charge in [-0.25, -0.2) is 4.98 Å². The highest BCUT2D eigenvalue weighted by Crippen LogP contribution is 2.36. The lowest BCUT2D eigenvalue weighted by Gasteiger charge is -2.13. The predicted molar refractivity (Wildman–Crippen MR) is 178 cm³/mol. The fourth-order valence-corrected chi connectivity index (χ4v) is 6.09. The van der Waals surface area contributed by atoms with Crippen LogP contribution in [-0.2, 0) is 0 Å². The Morgan fingerprint density at radius 3 is 2.33 bits per heavy atom. The average molecular weight is 620 g/mol. The van der Waals surface area contributed by atoms with E-state index in [9.17, 15) is 4.79 Å². The van der Waals surface area contributed by atoms with Gasteiger partial charge >= 0.3 is 0 Å². The minimum Gasteiger partial charge on any atom is -0.496 e. The van der Waals surface area contributed by atoms with Crippen molar-refractivity contribution in [1.29, 1.82) is 0 Å². The second kappa shape index (κ2) is 12.8. The molecule has 0 amide bonds. The molecule has 0 bridgehead atoms. The normalized spacial score (nSPS) is 11.0. The molecule has 0 fully saturated rings. The smallest absolute Gasteiger partial charge is 0.244 e. The molecule has 2 heterocycles. The first-order valence-corrected chi connectivity index (χ1v) is 15.3. The third-order valence-corrected chi connectivity index (χ3v) is 8.67. The summed E-state index contributed by atoms with van der Waals surface area (Å²) in [4.78, 5) is 17.4. The van der Waals surface area contributed by atoms with Crippen LogP contribution in [0.3, 0.4) is 0 Å². The van der Waals surface area contributed by atoms with Crippen molar-refractivity contribution in [2.24, 2.45) is 0 Å². The van der Waals surface area contributed by atoms with Crippen molar-refractivity contribution in [3.05, 3.63) is 96.1 Å². The van der Waals surface area contributed by atoms with E-state index in [2.05, 4.69) is 11.2 Å². The Labute approximate surface area is 265 Å². The van der Waals surface area contributed by atoms with Crippen molar-refractivity contribution < 1.29 is 23.7 Å². The van der Waals surface area contributed by atoms with Gasteiger partial charge < -0.3 is 18.9 Å². The molecule has 2 aromatic heterocycles. The van der Waals surface area contributed by atoms with Crippen LogP contribution in [0, 0.1) is 13.8 Å². The molecule has 0 radical (unpaired) electrons. The summed E-state index contributed by atoms with van der Waals surface area (Å²) >= 11 is 1.66. The van der Waals surface area contributed by atoms with E-state index in [-0.39, 0.29) is 12.5 Å². The molecule has 6 aromatic rings. The second-order valence-electron chi connectivity index (χ2n) is 10.5.